The molecule has 0 unspecified atom stereocenters. The predicted molar refractivity (Wildman–Crippen MR) is 62.3 cm³/mol. The molecule has 18 heavy (non-hydrogen) atoms. The highest BCUT2D eigenvalue weighted by molar-refractivity contribution is 7.89. The Morgan fingerprint density at radius 1 is 1.44 bits per heavy atom. The van der Waals surface area contributed by atoms with Gasteiger partial charge in [-0.1, -0.05) is 0 Å². The van der Waals surface area contributed by atoms with Crippen LogP contribution in [0.25, 0.3) is 0 Å². The Labute approximate surface area is 103 Å². The van der Waals surface area contributed by atoms with Crippen molar-refractivity contribution in [1.29, 1.82) is 0 Å². The molecule has 1 aromatic carbocycles. The van der Waals surface area contributed by atoms with E-state index in [2.05, 4.69) is 4.99 Å². The fraction of sp³-hybridized carbons (Fsp3) is 0.300. The SMILES string of the molecule is CN1C(N)=N[C@H](c2cc(F)ccc2F)CS1(=O)=O. The molecule has 98 valence electrons. The van der Waals surface area contributed by atoms with Crippen molar-refractivity contribution in [2.24, 2.45) is 10.7 Å². The third kappa shape index (κ3) is 2.15. The first-order valence-electron chi connectivity index (χ1n) is 5.06. The number of aliphatic imine (C=N–C) groups is 1. The molecule has 1 aliphatic rings. The third-order valence-electron chi connectivity index (χ3n) is 2.71. The van der Waals surface area contributed by atoms with E-state index in [1.165, 1.54) is 7.05 Å². The largest absolute Gasteiger partial charge is 0.369 e. The third-order valence-corrected chi connectivity index (χ3v) is 4.47. The summed E-state index contributed by atoms with van der Waals surface area (Å²) in [5, 5.41) is 0. The number of hydrogen-bond donors (Lipinski definition) is 1. The lowest BCUT2D eigenvalue weighted by atomic mass is 10.1. The lowest BCUT2D eigenvalue weighted by molar-refractivity contribution is 0.522. The van der Waals surface area contributed by atoms with Gasteiger partial charge in [-0.15, -0.1) is 0 Å². The van der Waals surface area contributed by atoms with E-state index in [-0.39, 0.29) is 11.5 Å². The monoisotopic (exact) mass is 275 g/mol. The molecule has 1 heterocycles. The summed E-state index contributed by atoms with van der Waals surface area (Å²) in [6.07, 6.45) is 0. The van der Waals surface area contributed by atoms with Gasteiger partial charge in [0.05, 0.1) is 11.8 Å². The fourth-order valence-corrected chi connectivity index (χ4v) is 2.87. The van der Waals surface area contributed by atoms with Crippen molar-refractivity contribution < 1.29 is 17.2 Å². The molecular weight excluding hydrogens is 264 g/mol. The Hall–Kier alpha value is -1.70. The first-order chi connectivity index (χ1) is 8.31. The Morgan fingerprint density at radius 3 is 2.72 bits per heavy atom. The van der Waals surface area contributed by atoms with Crippen LogP contribution in [0.1, 0.15) is 11.6 Å². The summed E-state index contributed by atoms with van der Waals surface area (Å²) in [5.74, 6) is -2.05. The highest BCUT2D eigenvalue weighted by Gasteiger charge is 2.32. The van der Waals surface area contributed by atoms with Gasteiger partial charge in [0, 0.05) is 12.6 Å². The van der Waals surface area contributed by atoms with Crippen molar-refractivity contribution in [1.82, 2.24) is 4.31 Å². The van der Waals surface area contributed by atoms with Crippen LogP contribution in [0.3, 0.4) is 0 Å². The minimum absolute atomic E-state index is 0.116. The average Bonchev–Trinajstić information content (AvgIpc) is 2.28. The van der Waals surface area contributed by atoms with Crippen molar-refractivity contribution >= 4 is 16.0 Å². The summed E-state index contributed by atoms with van der Waals surface area (Å²) in [7, 11) is -2.39. The van der Waals surface area contributed by atoms with Gasteiger partial charge in [-0.2, -0.15) is 0 Å². The maximum Gasteiger partial charge on any atom is 0.239 e. The molecule has 0 saturated heterocycles. The standard InChI is InChI=1S/C10H11F2N3O2S/c1-15-10(13)14-9(5-18(15,16)17)7-4-6(11)2-3-8(7)12/h2-4,9H,5H2,1H3,(H2,13,14)/t9-/m0/s1. The molecule has 0 spiro atoms. The van der Waals surface area contributed by atoms with Gasteiger partial charge in [0.2, 0.25) is 16.0 Å². The van der Waals surface area contributed by atoms with Crippen LogP contribution in [0.5, 0.6) is 0 Å². The van der Waals surface area contributed by atoms with Crippen LogP contribution in [0, 0.1) is 11.6 Å². The number of sulfonamides is 1. The minimum atomic E-state index is -3.65. The summed E-state index contributed by atoms with van der Waals surface area (Å²) < 4.78 is 50.9. The van der Waals surface area contributed by atoms with Crippen LogP contribution in [0.4, 0.5) is 8.78 Å². The molecule has 1 aromatic rings. The summed E-state index contributed by atoms with van der Waals surface area (Å²) in [6.45, 7) is 0. The van der Waals surface area contributed by atoms with E-state index < -0.39 is 33.5 Å². The van der Waals surface area contributed by atoms with Crippen molar-refractivity contribution in [3.63, 3.8) is 0 Å². The number of hydrogen-bond acceptors (Lipinski definition) is 4. The second kappa shape index (κ2) is 4.20. The van der Waals surface area contributed by atoms with E-state index in [9.17, 15) is 17.2 Å². The average molecular weight is 275 g/mol. The zero-order valence-corrected chi connectivity index (χ0v) is 10.3. The van der Waals surface area contributed by atoms with Crippen LogP contribution in [-0.2, 0) is 10.0 Å². The number of nitrogens with two attached hydrogens (primary N) is 1. The Balaban J connectivity index is 2.50. The van der Waals surface area contributed by atoms with Crippen molar-refractivity contribution in [3.05, 3.63) is 35.4 Å². The highest BCUT2D eigenvalue weighted by atomic mass is 32.2. The minimum Gasteiger partial charge on any atom is -0.369 e. The second-order valence-electron chi connectivity index (χ2n) is 3.91. The van der Waals surface area contributed by atoms with Crippen LogP contribution in [-0.4, -0.2) is 31.5 Å². The normalized spacial score (nSPS) is 22.7. The van der Waals surface area contributed by atoms with Gasteiger partial charge in [-0.05, 0) is 18.2 Å². The molecule has 5 nitrogen and oxygen atoms in total. The molecule has 0 radical (unpaired) electrons. The van der Waals surface area contributed by atoms with Gasteiger partial charge in [0.25, 0.3) is 0 Å². The Morgan fingerprint density at radius 2 is 2.11 bits per heavy atom. The molecule has 0 aliphatic carbocycles. The van der Waals surface area contributed by atoms with Gasteiger partial charge in [-0.3, -0.25) is 0 Å². The molecule has 0 amide bonds. The maximum absolute atomic E-state index is 13.5. The van der Waals surface area contributed by atoms with E-state index in [1.54, 1.807) is 0 Å². The van der Waals surface area contributed by atoms with Crippen LogP contribution in [0.2, 0.25) is 0 Å². The number of rotatable bonds is 1. The predicted octanol–water partition coefficient (Wildman–Crippen LogP) is 0.596. The van der Waals surface area contributed by atoms with E-state index >= 15 is 0 Å². The molecule has 0 aromatic heterocycles. The van der Waals surface area contributed by atoms with Crippen LogP contribution < -0.4 is 5.73 Å². The smallest absolute Gasteiger partial charge is 0.239 e. The van der Waals surface area contributed by atoms with Crippen molar-refractivity contribution in [3.8, 4) is 0 Å². The molecule has 0 fully saturated rings. The van der Waals surface area contributed by atoms with E-state index in [0.29, 0.717) is 0 Å². The summed E-state index contributed by atoms with van der Waals surface area (Å²) in [6, 6.07) is 1.79. The summed E-state index contributed by atoms with van der Waals surface area (Å²) >= 11 is 0. The first kappa shape index (κ1) is 12.7. The molecule has 1 atom stereocenters. The van der Waals surface area contributed by atoms with Crippen molar-refractivity contribution in [2.75, 3.05) is 12.8 Å². The molecular formula is C10H11F2N3O2S. The Bertz CT molecular complexity index is 616. The van der Waals surface area contributed by atoms with Crippen LogP contribution >= 0.6 is 0 Å². The van der Waals surface area contributed by atoms with Gasteiger partial charge in [-0.25, -0.2) is 26.5 Å². The van der Waals surface area contributed by atoms with E-state index in [1.807, 2.05) is 0 Å². The zero-order valence-electron chi connectivity index (χ0n) is 9.47. The number of benzene rings is 1. The molecule has 0 bridgehead atoms. The van der Waals surface area contributed by atoms with E-state index in [0.717, 1.165) is 22.5 Å². The van der Waals surface area contributed by atoms with Gasteiger partial charge < -0.3 is 5.73 Å². The Kier molecular flexibility index (Phi) is 2.97. The molecule has 2 N–H and O–H groups in total. The number of nitrogens with zero attached hydrogens (tertiary/aromatic N) is 2. The summed E-state index contributed by atoms with van der Waals surface area (Å²) in [5.41, 5.74) is 5.33. The molecule has 2 rings (SSSR count). The van der Waals surface area contributed by atoms with Gasteiger partial charge in [0.1, 0.15) is 11.6 Å². The lowest BCUT2D eigenvalue weighted by Crippen LogP contribution is -2.45. The lowest BCUT2D eigenvalue weighted by Gasteiger charge is -2.27. The molecule has 8 heteroatoms. The van der Waals surface area contributed by atoms with Gasteiger partial charge in [0.15, 0.2) is 0 Å². The quantitative estimate of drug-likeness (QED) is 0.815. The van der Waals surface area contributed by atoms with E-state index in [4.69, 9.17) is 5.73 Å². The number of guanidine groups is 1. The highest BCUT2D eigenvalue weighted by Crippen LogP contribution is 2.27. The molecule has 1 aliphatic heterocycles. The second-order valence-corrected chi connectivity index (χ2v) is 5.96. The first-order valence-corrected chi connectivity index (χ1v) is 6.67. The zero-order chi connectivity index (χ0) is 13.5. The summed E-state index contributed by atoms with van der Waals surface area (Å²) in [4.78, 5) is 3.87. The fourth-order valence-electron chi connectivity index (χ4n) is 1.66. The number of halogens is 2. The topological polar surface area (TPSA) is 75.8 Å². The van der Waals surface area contributed by atoms with Crippen molar-refractivity contribution in [2.45, 2.75) is 6.04 Å². The molecule has 0 saturated carbocycles. The van der Waals surface area contributed by atoms with Crippen LogP contribution in [0.15, 0.2) is 23.2 Å². The maximum atomic E-state index is 13.5. The van der Waals surface area contributed by atoms with Gasteiger partial charge >= 0.3 is 0 Å².